The molecule has 0 fully saturated rings. The molecule has 8 heteroatoms. The van der Waals surface area contributed by atoms with Crippen molar-refractivity contribution in [2.75, 3.05) is 6.61 Å². The van der Waals surface area contributed by atoms with Gasteiger partial charge in [-0.05, 0) is 42.3 Å². The van der Waals surface area contributed by atoms with Gasteiger partial charge in [0, 0.05) is 6.92 Å². The van der Waals surface area contributed by atoms with Gasteiger partial charge in [-0.25, -0.2) is 0 Å². The molecule has 0 aliphatic rings. The normalized spacial score (nSPS) is 12.0. The van der Waals surface area contributed by atoms with Gasteiger partial charge >= 0.3 is 5.97 Å². The summed E-state index contributed by atoms with van der Waals surface area (Å²) in [6, 6.07) is 14.9. The third kappa shape index (κ3) is 4.70. The van der Waals surface area contributed by atoms with E-state index in [1.165, 1.54) is 22.8 Å². The van der Waals surface area contributed by atoms with E-state index in [4.69, 9.17) is 9.47 Å². The summed E-state index contributed by atoms with van der Waals surface area (Å²) in [6.07, 6.45) is 5.42. The zero-order valence-corrected chi connectivity index (χ0v) is 17.8. The summed E-state index contributed by atoms with van der Waals surface area (Å²) in [4.78, 5) is 29.0. The summed E-state index contributed by atoms with van der Waals surface area (Å²) < 4.78 is 12.5. The van der Waals surface area contributed by atoms with Crippen LogP contribution in [-0.2, 0) is 4.79 Å². The van der Waals surface area contributed by atoms with E-state index in [1.54, 1.807) is 30.4 Å². The van der Waals surface area contributed by atoms with Crippen molar-refractivity contribution in [1.29, 1.82) is 0 Å². The topological polar surface area (TPSA) is 82.8 Å². The first-order chi connectivity index (χ1) is 15.0. The third-order valence-electron chi connectivity index (χ3n) is 4.24. The van der Waals surface area contributed by atoms with Gasteiger partial charge in [0.15, 0.2) is 17.3 Å². The van der Waals surface area contributed by atoms with E-state index in [0.717, 1.165) is 11.1 Å². The molecular formula is C23H19N3O4S. The number of fused-ring (bicyclic) bond motifs is 1. The van der Waals surface area contributed by atoms with Crippen LogP contribution in [0.1, 0.15) is 30.8 Å². The minimum atomic E-state index is -0.429. The van der Waals surface area contributed by atoms with Crippen molar-refractivity contribution in [1.82, 2.24) is 14.6 Å². The number of benzene rings is 2. The molecule has 0 atom stereocenters. The minimum Gasteiger partial charge on any atom is -0.490 e. The highest BCUT2D eigenvalue weighted by atomic mass is 32.1. The summed E-state index contributed by atoms with van der Waals surface area (Å²) in [5.41, 5.74) is 1.53. The lowest BCUT2D eigenvalue weighted by Crippen LogP contribution is -2.23. The number of rotatable bonds is 6. The van der Waals surface area contributed by atoms with E-state index in [2.05, 4.69) is 10.1 Å². The fraction of sp³-hybridized carbons (Fsp3) is 0.130. The van der Waals surface area contributed by atoms with E-state index >= 15 is 0 Å². The second-order valence-corrected chi connectivity index (χ2v) is 7.57. The minimum absolute atomic E-state index is 0.242. The van der Waals surface area contributed by atoms with Crippen molar-refractivity contribution < 1.29 is 14.3 Å². The maximum atomic E-state index is 12.8. The molecule has 0 saturated carbocycles. The predicted molar refractivity (Wildman–Crippen MR) is 120 cm³/mol. The average Bonchev–Trinajstić information content (AvgIpc) is 3.28. The van der Waals surface area contributed by atoms with Crippen LogP contribution in [0.3, 0.4) is 0 Å². The Hall–Kier alpha value is -3.78. The summed E-state index contributed by atoms with van der Waals surface area (Å²) >= 11 is 1.26. The van der Waals surface area contributed by atoms with E-state index in [0.29, 0.717) is 33.4 Å². The first-order valence-corrected chi connectivity index (χ1v) is 10.4. The molecule has 0 aliphatic carbocycles. The number of esters is 1. The number of aromatic nitrogens is 3. The van der Waals surface area contributed by atoms with Crippen LogP contribution >= 0.6 is 11.3 Å². The van der Waals surface area contributed by atoms with Gasteiger partial charge in [0.2, 0.25) is 4.96 Å². The molecule has 31 heavy (non-hydrogen) atoms. The molecule has 0 amide bonds. The van der Waals surface area contributed by atoms with Crippen LogP contribution in [0.5, 0.6) is 11.5 Å². The lowest BCUT2D eigenvalue weighted by Gasteiger charge is -2.10. The van der Waals surface area contributed by atoms with Crippen LogP contribution in [0.2, 0.25) is 0 Å². The SMILES string of the molecule is CCOc1cc(C=c2sc3nc(C=Cc4ccccc4)nn3c2=O)ccc1OC(C)=O. The van der Waals surface area contributed by atoms with Crippen LogP contribution in [0.4, 0.5) is 0 Å². The van der Waals surface area contributed by atoms with Crippen molar-refractivity contribution in [3.63, 3.8) is 0 Å². The Morgan fingerprint density at radius 2 is 1.90 bits per heavy atom. The first kappa shape index (κ1) is 20.5. The zero-order valence-electron chi connectivity index (χ0n) is 16.9. The molecule has 4 rings (SSSR count). The van der Waals surface area contributed by atoms with Crippen molar-refractivity contribution in [2.45, 2.75) is 13.8 Å². The number of hydrogen-bond donors (Lipinski definition) is 0. The molecule has 0 saturated heterocycles. The maximum Gasteiger partial charge on any atom is 0.308 e. The van der Waals surface area contributed by atoms with Gasteiger partial charge in [0.05, 0.1) is 11.1 Å². The second kappa shape index (κ2) is 8.93. The largest absolute Gasteiger partial charge is 0.490 e. The Labute approximate surface area is 181 Å². The smallest absolute Gasteiger partial charge is 0.308 e. The molecule has 0 spiro atoms. The Morgan fingerprint density at radius 1 is 1.10 bits per heavy atom. The fourth-order valence-corrected chi connectivity index (χ4v) is 3.84. The summed E-state index contributed by atoms with van der Waals surface area (Å²) in [6.45, 7) is 3.59. The zero-order chi connectivity index (χ0) is 21.8. The highest BCUT2D eigenvalue weighted by molar-refractivity contribution is 7.15. The van der Waals surface area contributed by atoms with Crippen molar-refractivity contribution in [3.05, 3.63) is 80.4 Å². The summed E-state index contributed by atoms with van der Waals surface area (Å²) in [5, 5.41) is 4.30. The molecule has 0 unspecified atom stereocenters. The Morgan fingerprint density at radius 3 is 2.61 bits per heavy atom. The van der Waals surface area contributed by atoms with Gasteiger partial charge in [-0.1, -0.05) is 53.8 Å². The number of ether oxygens (including phenoxy) is 2. The Kier molecular flexibility index (Phi) is 5.90. The highest BCUT2D eigenvalue weighted by Gasteiger charge is 2.11. The van der Waals surface area contributed by atoms with Crippen LogP contribution in [0, 0.1) is 0 Å². The molecule has 0 aliphatic heterocycles. The Balaban J connectivity index is 1.65. The van der Waals surface area contributed by atoms with Crippen molar-refractivity contribution >= 4 is 40.5 Å². The standard InChI is InChI=1S/C23H19N3O4S/c1-3-29-19-13-17(9-11-18(19)30-15(2)27)14-20-22(28)26-23(31-20)24-21(25-26)12-10-16-7-5-4-6-8-16/h4-14H,3H2,1-2H3. The van der Waals surface area contributed by atoms with E-state index in [1.807, 2.05) is 43.3 Å². The van der Waals surface area contributed by atoms with Crippen LogP contribution in [0.15, 0.2) is 53.3 Å². The summed E-state index contributed by atoms with van der Waals surface area (Å²) in [7, 11) is 0. The van der Waals surface area contributed by atoms with E-state index in [-0.39, 0.29) is 5.56 Å². The molecule has 2 heterocycles. The number of thiazole rings is 1. The number of nitrogens with zero attached hydrogens (tertiary/aromatic N) is 3. The predicted octanol–water partition coefficient (Wildman–Crippen LogP) is 3.19. The Bertz CT molecular complexity index is 1370. The maximum absolute atomic E-state index is 12.8. The molecule has 0 radical (unpaired) electrons. The quantitative estimate of drug-likeness (QED) is 0.343. The van der Waals surface area contributed by atoms with E-state index in [9.17, 15) is 9.59 Å². The van der Waals surface area contributed by atoms with Crippen LogP contribution in [0.25, 0.3) is 23.2 Å². The first-order valence-electron chi connectivity index (χ1n) is 9.63. The number of carbonyl (C=O) groups is 1. The molecule has 156 valence electrons. The fourth-order valence-electron chi connectivity index (χ4n) is 2.93. The molecule has 0 N–H and O–H groups in total. The highest BCUT2D eigenvalue weighted by Crippen LogP contribution is 2.29. The van der Waals surface area contributed by atoms with Gasteiger partial charge in [0.25, 0.3) is 5.56 Å². The van der Waals surface area contributed by atoms with Gasteiger partial charge in [-0.3, -0.25) is 9.59 Å². The summed E-state index contributed by atoms with van der Waals surface area (Å²) in [5.74, 6) is 0.823. The van der Waals surface area contributed by atoms with Crippen LogP contribution in [-0.4, -0.2) is 27.2 Å². The van der Waals surface area contributed by atoms with Gasteiger partial charge in [-0.15, -0.1) is 5.10 Å². The van der Waals surface area contributed by atoms with E-state index < -0.39 is 5.97 Å². The van der Waals surface area contributed by atoms with Crippen molar-refractivity contribution in [3.8, 4) is 11.5 Å². The lowest BCUT2D eigenvalue weighted by molar-refractivity contribution is -0.132. The third-order valence-corrected chi connectivity index (χ3v) is 5.20. The lowest BCUT2D eigenvalue weighted by atomic mass is 10.2. The van der Waals surface area contributed by atoms with Crippen molar-refractivity contribution in [2.24, 2.45) is 0 Å². The monoisotopic (exact) mass is 433 g/mol. The molecule has 7 nitrogen and oxygen atoms in total. The van der Waals surface area contributed by atoms with Crippen LogP contribution < -0.4 is 19.6 Å². The van der Waals surface area contributed by atoms with Gasteiger partial charge in [0.1, 0.15) is 0 Å². The second-order valence-electron chi connectivity index (χ2n) is 6.56. The average molecular weight is 433 g/mol. The molecule has 4 aromatic rings. The number of carbonyl (C=O) groups excluding carboxylic acids is 1. The molecule has 2 aromatic carbocycles. The number of hydrogen-bond acceptors (Lipinski definition) is 7. The molecule has 2 aromatic heterocycles. The van der Waals surface area contributed by atoms with Gasteiger partial charge in [-0.2, -0.15) is 9.50 Å². The molecule has 0 bridgehead atoms. The van der Waals surface area contributed by atoms with Gasteiger partial charge < -0.3 is 9.47 Å². The molecular weight excluding hydrogens is 414 g/mol.